The molecule has 0 spiro atoms. The zero-order chi connectivity index (χ0) is 21.4. The van der Waals surface area contributed by atoms with Gasteiger partial charge in [0.25, 0.3) is 5.91 Å². The van der Waals surface area contributed by atoms with E-state index in [-0.39, 0.29) is 11.6 Å². The lowest BCUT2D eigenvalue weighted by Crippen LogP contribution is -2.12. The smallest absolute Gasteiger partial charge is 0.349 e. The Morgan fingerprint density at radius 2 is 1.90 bits per heavy atom. The highest BCUT2D eigenvalue weighted by Gasteiger charge is 2.19. The van der Waals surface area contributed by atoms with Gasteiger partial charge in [-0.25, -0.2) is 4.79 Å². The highest BCUT2D eigenvalue weighted by Crippen LogP contribution is 2.37. The van der Waals surface area contributed by atoms with Crippen molar-refractivity contribution in [2.24, 2.45) is 0 Å². The molecule has 0 aliphatic heterocycles. The summed E-state index contributed by atoms with van der Waals surface area (Å²) in [6, 6.07) is 11.8. The Hall–Kier alpha value is -2.58. The van der Waals surface area contributed by atoms with E-state index in [4.69, 9.17) is 39.5 Å². The zero-order valence-corrected chi connectivity index (χ0v) is 18.3. The first-order valence-electron chi connectivity index (χ1n) is 8.50. The highest BCUT2D eigenvalue weighted by atomic mass is 35.5. The van der Waals surface area contributed by atoms with Gasteiger partial charge in [0, 0.05) is 26.4 Å². The summed E-state index contributed by atoms with van der Waals surface area (Å²) in [5, 5.41) is 11.6. The number of amides is 1. The molecular formula is C20H12Cl3N3O3S. The largest absolute Gasteiger partial charge is 0.465 e. The first kappa shape index (κ1) is 20.7. The molecule has 0 radical (unpaired) electrons. The molecule has 10 heteroatoms. The quantitative estimate of drug-likeness (QED) is 0.336. The van der Waals surface area contributed by atoms with Gasteiger partial charge in [-0.2, -0.15) is 5.10 Å². The minimum atomic E-state index is -0.502. The number of halogens is 3. The third-order valence-corrected chi connectivity index (χ3v) is 6.47. The molecule has 0 saturated heterocycles. The number of hydrogen-bond donors (Lipinski definition) is 2. The van der Waals surface area contributed by atoms with Crippen molar-refractivity contribution in [3.63, 3.8) is 0 Å². The number of nitrogens with zero attached hydrogens (tertiary/aromatic N) is 1. The molecule has 1 amide bonds. The Kier molecular flexibility index (Phi) is 5.71. The molecule has 152 valence electrons. The summed E-state index contributed by atoms with van der Waals surface area (Å²) in [7, 11) is 1.30. The van der Waals surface area contributed by atoms with Gasteiger partial charge in [0.05, 0.1) is 22.8 Å². The molecule has 2 N–H and O–H groups in total. The van der Waals surface area contributed by atoms with Crippen LogP contribution in [-0.4, -0.2) is 29.2 Å². The minimum absolute atomic E-state index is 0.260. The number of rotatable bonds is 4. The second-order valence-electron chi connectivity index (χ2n) is 6.19. The molecule has 4 aromatic rings. The molecule has 0 atom stereocenters. The van der Waals surface area contributed by atoms with Crippen LogP contribution in [0, 0.1) is 0 Å². The Labute approximate surface area is 189 Å². The number of benzene rings is 2. The molecule has 2 aromatic heterocycles. The summed E-state index contributed by atoms with van der Waals surface area (Å²) in [4.78, 5) is 24.8. The van der Waals surface area contributed by atoms with E-state index in [0.717, 1.165) is 4.70 Å². The van der Waals surface area contributed by atoms with Crippen molar-refractivity contribution in [1.29, 1.82) is 0 Å². The van der Waals surface area contributed by atoms with Crippen LogP contribution in [0.2, 0.25) is 15.1 Å². The molecule has 0 fully saturated rings. The third kappa shape index (κ3) is 3.89. The highest BCUT2D eigenvalue weighted by molar-refractivity contribution is 7.21. The maximum absolute atomic E-state index is 12.6. The van der Waals surface area contributed by atoms with Crippen LogP contribution in [0.1, 0.15) is 20.2 Å². The van der Waals surface area contributed by atoms with Crippen LogP contribution in [0.4, 0.5) is 5.69 Å². The van der Waals surface area contributed by atoms with Gasteiger partial charge in [0.15, 0.2) is 0 Å². The van der Waals surface area contributed by atoms with Crippen molar-refractivity contribution in [2.75, 3.05) is 12.4 Å². The van der Waals surface area contributed by atoms with E-state index in [2.05, 4.69) is 15.5 Å². The van der Waals surface area contributed by atoms with Crippen LogP contribution >= 0.6 is 46.1 Å². The molecule has 0 bridgehead atoms. The number of aromatic nitrogens is 2. The number of nitrogens with one attached hydrogen (secondary N) is 2. The van der Waals surface area contributed by atoms with Crippen LogP contribution in [0.5, 0.6) is 0 Å². The molecular weight excluding hydrogens is 469 g/mol. The van der Waals surface area contributed by atoms with Crippen molar-refractivity contribution in [3.05, 3.63) is 68.1 Å². The third-order valence-electron chi connectivity index (χ3n) is 4.29. The maximum Gasteiger partial charge on any atom is 0.349 e. The van der Waals surface area contributed by atoms with Crippen molar-refractivity contribution in [1.82, 2.24) is 10.2 Å². The number of carbonyl (C=O) groups excluding carboxylic acids is 2. The summed E-state index contributed by atoms with van der Waals surface area (Å²) in [6.07, 6.45) is 0. The Morgan fingerprint density at radius 3 is 2.63 bits per heavy atom. The predicted molar refractivity (Wildman–Crippen MR) is 120 cm³/mol. The molecule has 2 heterocycles. The number of esters is 1. The second-order valence-corrected chi connectivity index (χ2v) is 8.47. The average molecular weight is 481 g/mol. The Bertz CT molecular complexity index is 1300. The van der Waals surface area contributed by atoms with Gasteiger partial charge < -0.3 is 10.1 Å². The fourth-order valence-corrected chi connectivity index (χ4v) is 4.81. The molecule has 4 rings (SSSR count). The standard InChI is InChI=1S/C20H12Cl3N3O3S/c1-29-20(28)18-17(23)12-5-3-10(7-16(12)30-18)24-19(27)15-8-14(25-26-15)11-4-2-9(21)6-13(11)22/h2-8H,1H3,(H,24,27)(H,25,26). The van der Waals surface area contributed by atoms with Gasteiger partial charge in [0.1, 0.15) is 10.6 Å². The topological polar surface area (TPSA) is 84.1 Å². The minimum Gasteiger partial charge on any atom is -0.465 e. The van der Waals surface area contributed by atoms with Gasteiger partial charge in [-0.1, -0.05) is 34.8 Å². The normalized spacial score (nSPS) is 10.9. The van der Waals surface area contributed by atoms with E-state index >= 15 is 0 Å². The van der Waals surface area contributed by atoms with Crippen molar-refractivity contribution in [2.45, 2.75) is 0 Å². The molecule has 2 aromatic carbocycles. The summed E-state index contributed by atoms with van der Waals surface area (Å²) in [5.41, 5.74) is 1.98. The number of anilines is 1. The van der Waals surface area contributed by atoms with Crippen LogP contribution in [0.25, 0.3) is 21.3 Å². The fourth-order valence-electron chi connectivity index (χ4n) is 2.84. The molecule has 30 heavy (non-hydrogen) atoms. The number of thiophene rings is 1. The number of carbonyl (C=O) groups is 2. The van der Waals surface area contributed by atoms with E-state index < -0.39 is 5.97 Å². The molecule has 0 saturated carbocycles. The summed E-state index contributed by atoms with van der Waals surface area (Å²) < 4.78 is 5.49. The van der Waals surface area contributed by atoms with Crippen molar-refractivity contribution in [3.8, 4) is 11.3 Å². The van der Waals surface area contributed by atoms with Crippen molar-refractivity contribution >= 4 is 73.8 Å². The van der Waals surface area contributed by atoms with Crippen molar-refractivity contribution < 1.29 is 14.3 Å². The summed E-state index contributed by atoms with van der Waals surface area (Å²) in [6.45, 7) is 0. The average Bonchev–Trinajstić information content (AvgIpc) is 3.33. The van der Waals surface area contributed by atoms with E-state index in [0.29, 0.717) is 42.3 Å². The molecule has 0 unspecified atom stereocenters. The number of H-pyrrole nitrogens is 1. The van der Waals surface area contributed by atoms with Crippen LogP contribution in [0.3, 0.4) is 0 Å². The number of methoxy groups -OCH3 is 1. The summed E-state index contributed by atoms with van der Waals surface area (Å²) >= 11 is 19.6. The Morgan fingerprint density at radius 1 is 1.10 bits per heavy atom. The number of ether oxygens (including phenoxy) is 1. The van der Waals surface area contributed by atoms with Gasteiger partial charge in [0.2, 0.25) is 0 Å². The van der Waals surface area contributed by atoms with E-state index in [9.17, 15) is 9.59 Å². The zero-order valence-electron chi connectivity index (χ0n) is 15.3. The SMILES string of the molecule is COC(=O)c1sc2cc(NC(=O)c3cc(-c4ccc(Cl)cc4Cl)n[nH]3)ccc2c1Cl. The number of hydrogen-bond acceptors (Lipinski definition) is 5. The van der Waals surface area contributed by atoms with E-state index in [1.165, 1.54) is 18.4 Å². The maximum atomic E-state index is 12.6. The monoisotopic (exact) mass is 479 g/mol. The summed E-state index contributed by atoms with van der Waals surface area (Å²) in [5.74, 6) is -0.883. The van der Waals surface area contributed by atoms with Gasteiger partial charge in [-0.3, -0.25) is 9.89 Å². The first-order chi connectivity index (χ1) is 14.4. The van der Waals surface area contributed by atoms with Crippen LogP contribution in [-0.2, 0) is 4.74 Å². The van der Waals surface area contributed by atoms with Gasteiger partial charge in [-0.05, 0) is 42.5 Å². The van der Waals surface area contributed by atoms with Crippen LogP contribution in [0.15, 0.2) is 42.5 Å². The first-order valence-corrected chi connectivity index (χ1v) is 10.4. The number of fused-ring (bicyclic) bond motifs is 1. The van der Waals surface area contributed by atoms with Crippen LogP contribution < -0.4 is 5.32 Å². The van der Waals surface area contributed by atoms with E-state index in [1.807, 2.05) is 0 Å². The van der Waals surface area contributed by atoms with E-state index in [1.54, 1.807) is 42.5 Å². The number of aromatic amines is 1. The lowest BCUT2D eigenvalue weighted by Gasteiger charge is -2.03. The fraction of sp³-hybridized carbons (Fsp3) is 0.0500. The Balaban J connectivity index is 1.57. The van der Waals surface area contributed by atoms with Gasteiger partial charge in [-0.15, -0.1) is 11.3 Å². The lowest BCUT2D eigenvalue weighted by atomic mass is 10.1. The second kappa shape index (κ2) is 8.28. The molecule has 6 nitrogen and oxygen atoms in total. The molecule has 0 aliphatic carbocycles. The lowest BCUT2D eigenvalue weighted by molar-refractivity contribution is 0.0606. The predicted octanol–water partition coefficient (Wildman–Crippen LogP) is 6.29. The van der Waals surface area contributed by atoms with Gasteiger partial charge >= 0.3 is 5.97 Å². The molecule has 0 aliphatic rings.